The molecule has 0 saturated heterocycles. The monoisotopic (exact) mass is 438 g/mol. The van der Waals surface area contributed by atoms with Crippen LogP contribution >= 0.6 is 65.4 Å². The number of halogens is 3. The average molecular weight is 438 g/mol. The zero-order valence-electron chi connectivity index (χ0n) is 3.34. The van der Waals surface area contributed by atoms with Crippen LogP contribution in [-0.4, -0.2) is 0.564 Å². The van der Waals surface area contributed by atoms with Gasteiger partial charge in [0, 0.05) is 0 Å². The fourth-order valence-electron chi connectivity index (χ4n) is 0. The van der Waals surface area contributed by atoms with Crippen LogP contribution in [0.5, 0.6) is 0 Å². The summed E-state index contributed by atoms with van der Waals surface area (Å²) in [4.78, 5) is 0. The molecule has 0 unspecified atom stereocenters. The zero-order valence-corrected chi connectivity index (χ0v) is 10.8. The van der Waals surface area contributed by atoms with Crippen LogP contribution in [-0.2, 0) is 0 Å². The van der Waals surface area contributed by atoms with Crippen LogP contribution in [0.3, 0.4) is 0 Å². The summed E-state index contributed by atoms with van der Waals surface area (Å²) in [6.07, 6.45) is 0. The zero-order chi connectivity index (χ0) is 5.21. The second kappa shape index (κ2) is 3.44. The van der Waals surface area contributed by atoms with Crippen LogP contribution in [0.4, 0.5) is 0 Å². The molecule has 0 atom stereocenters. The molecule has 0 aromatic rings. The Balaban J connectivity index is 3.17. The first kappa shape index (κ1) is 8.41. The molecule has 0 aromatic heterocycles. The Hall–Kier alpha value is 2.41. The molecule has 0 aliphatic heterocycles. The van der Waals surface area contributed by atoms with Crippen LogP contribution < -0.4 is 0 Å². The molecular weight excluding hydrogens is 433 g/mol. The Morgan fingerprint density at radius 3 is 1.50 bits per heavy atom. The summed E-state index contributed by atoms with van der Waals surface area (Å²) in [6.45, 7) is 2.25. The number of hydrogen-bond donors (Lipinski definition) is 0. The largest absolute Gasteiger partial charge is 0.253 e. The number of hydrogen-bond acceptors (Lipinski definition) is 0. The molecule has 0 amide bonds. The topological polar surface area (TPSA) is 0 Å². The normalized spacial score (nSPS) is 12.0. The van der Waals surface area contributed by atoms with E-state index in [1.807, 2.05) is 0 Å². The van der Waals surface area contributed by atoms with E-state index in [0.29, 0.717) is 0 Å². The molecule has 0 fully saturated rings. The Kier molecular flexibility index (Phi) is 4.81. The molecule has 0 N–H and O–H groups in total. The van der Waals surface area contributed by atoms with Crippen molar-refractivity contribution in [3.05, 3.63) is 0 Å². The molecule has 4 heteroatoms. The first-order valence-electron chi connectivity index (χ1n) is 1.63. The Labute approximate surface area is 77.5 Å². The minimum Gasteiger partial charge on any atom is -0.0910 e. The van der Waals surface area contributed by atoms with Crippen molar-refractivity contribution in [2.75, 3.05) is 0 Å². The maximum Gasteiger partial charge on any atom is 0.253 e. The van der Waals surface area contributed by atoms with Gasteiger partial charge in [-0.3, -0.25) is 0 Å². The average Bonchev–Trinajstić information content (AvgIpc) is 1.35. The summed E-state index contributed by atoms with van der Waals surface area (Å²) in [6, 6.07) is 1.37. The third-order valence-corrected chi connectivity index (χ3v) is 8.07. The Morgan fingerprint density at radius 2 is 1.50 bits per heavy atom. The van der Waals surface area contributed by atoms with Crippen LogP contribution in [0.25, 0.3) is 0 Å². The quantitative estimate of drug-likeness (QED) is 0.336. The van der Waals surface area contributed by atoms with Crippen LogP contribution in [0, 0.1) is 0 Å². The molecule has 0 radical (unpaired) electrons. The second-order valence-electron chi connectivity index (χ2n) is 0.969. The third-order valence-electron chi connectivity index (χ3n) is 0.401. The SMILES string of the molecule is CC[Si](I)(I)I. The molecular formula is C2H5I3Si. The standard InChI is InChI=1S/C2H5I3Si/c1-2-6(3,4)5/h2H2,1H3. The van der Waals surface area contributed by atoms with Crippen LogP contribution in [0.2, 0.25) is 6.04 Å². The molecule has 0 bridgehead atoms. The van der Waals surface area contributed by atoms with E-state index in [4.69, 9.17) is 0 Å². The lowest BCUT2D eigenvalue weighted by atomic mass is 11.0. The summed E-state index contributed by atoms with van der Waals surface area (Å²) in [5.41, 5.74) is 0. The molecule has 0 saturated carbocycles. The summed E-state index contributed by atoms with van der Waals surface area (Å²) in [5, 5.41) is 0. The minimum atomic E-state index is -0.721. The lowest BCUT2D eigenvalue weighted by molar-refractivity contribution is 1.47. The Morgan fingerprint density at radius 1 is 1.33 bits per heavy atom. The summed E-state index contributed by atoms with van der Waals surface area (Å²) < 4.78 is -0.721. The van der Waals surface area contributed by atoms with Crippen molar-refractivity contribution < 1.29 is 0 Å². The molecule has 6 heavy (non-hydrogen) atoms. The van der Waals surface area contributed by atoms with E-state index in [1.165, 1.54) is 6.04 Å². The number of rotatable bonds is 1. The maximum absolute atomic E-state index is 2.55. The van der Waals surface area contributed by atoms with Gasteiger partial charge < -0.3 is 0 Å². The van der Waals surface area contributed by atoms with Gasteiger partial charge in [-0.25, -0.2) is 0 Å². The van der Waals surface area contributed by atoms with Crippen molar-refractivity contribution >= 4 is 66.0 Å². The highest BCUT2D eigenvalue weighted by Gasteiger charge is 2.16. The van der Waals surface area contributed by atoms with Gasteiger partial charge in [0.2, 0.25) is 0 Å². The van der Waals surface area contributed by atoms with Crippen molar-refractivity contribution in [2.24, 2.45) is 0 Å². The van der Waals surface area contributed by atoms with E-state index >= 15 is 0 Å². The minimum absolute atomic E-state index is 0.721. The maximum atomic E-state index is 2.55. The van der Waals surface area contributed by atoms with Gasteiger partial charge in [0.15, 0.2) is 0 Å². The van der Waals surface area contributed by atoms with E-state index in [0.717, 1.165) is 0 Å². The van der Waals surface area contributed by atoms with Gasteiger partial charge in [-0.1, -0.05) is 72.3 Å². The third kappa shape index (κ3) is 6.41. The van der Waals surface area contributed by atoms with Gasteiger partial charge in [0.1, 0.15) is 0 Å². The molecule has 0 spiro atoms. The van der Waals surface area contributed by atoms with Gasteiger partial charge >= 0.3 is 0 Å². The lowest BCUT2D eigenvalue weighted by Gasteiger charge is -2.00. The molecule has 0 aromatic carbocycles. The molecule has 0 nitrogen and oxygen atoms in total. The van der Waals surface area contributed by atoms with Crippen molar-refractivity contribution in [1.29, 1.82) is 0 Å². The predicted molar refractivity (Wildman–Crippen MR) is 58.3 cm³/mol. The molecule has 0 aliphatic rings. The van der Waals surface area contributed by atoms with Gasteiger partial charge in [-0.15, -0.1) is 0 Å². The summed E-state index contributed by atoms with van der Waals surface area (Å²) in [7, 11) is 0. The van der Waals surface area contributed by atoms with E-state index in [1.54, 1.807) is 0 Å². The highest BCUT2D eigenvalue weighted by atomic mass is 127. The van der Waals surface area contributed by atoms with E-state index in [9.17, 15) is 0 Å². The van der Waals surface area contributed by atoms with E-state index in [-0.39, 0.29) is 0 Å². The van der Waals surface area contributed by atoms with Crippen molar-refractivity contribution in [1.82, 2.24) is 0 Å². The fourth-order valence-corrected chi connectivity index (χ4v) is 0. The van der Waals surface area contributed by atoms with Gasteiger partial charge in [0.25, 0.3) is 0.564 Å². The van der Waals surface area contributed by atoms with Crippen molar-refractivity contribution in [3.8, 4) is 0 Å². The second-order valence-corrected chi connectivity index (χ2v) is 38.1. The van der Waals surface area contributed by atoms with E-state index < -0.39 is 0.564 Å². The lowest BCUT2D eigenvalue weighted by Crippen LogP contribution is -1.99. The predicted octanol–water partition coefficient (Wildman–Crippen LogP) is 3.25. The van der Waals surface area contributed by atoms with Crippen molar-refractivity contribution in [3.63, 3.8) is 0 Å². The smallest absolute Gasteiger partial charge is 0.0910 e. The first-order valence-corrected chi connectivity index (χ1v) is 13.2. The highest BCUT2D eigenvalue weighted by Crippen LogP contribution is 2.32. The molecule has 0 rings (SSSR count). The Bertz CT molecular complexity index is 38.5. The van der Waals surface area contributed by atoms with Crippen LogP contribution in [0.1, 0.15) is 6.92 Å². The molecule has 38 valence electrons. The van der Waals surface area contributed by atoms with Crippen molar-refractivity contribution in [2.45, 2.75) is 13.0 Å². The highest BCUT2D eigenvalue weighted by molar-refractivity contribution is 14.4. The van der Waals surface area contributed by atoms with Gasteiger partial charge in [0.05, 0.1) is 0 Å². The van der Waals surface area contributed by atoms with Gasteiger partial charge in [-0.05, 0) is 6.04 Å². The summed E-state index contributed by atoms with van der Waals surface area (Å²) >= 11 is 7.66. The fraction of sp³-hybridized carbons (Fsp3) is 1.00. The van der Waals surface area contributed by atoms with E-state index in [2.05, 4.69) is 72.3 Å². The summed E-state index contributed by atoms with van der Waals surface area (Å²) in [5.74, 6) is 0. The molecule has 0 heterocycles. The first-order chi connectivity index (χ1) is 2.56. The van der Waals surface area contributed by atoms with Gasteiger partial charge in [-0.2, -0.15) is 0 Å². The van der Waals surface area contributed by atoms with Crippen LogP contribution in [0.15, 0.2) is 0 Å². The molecule has 0 aliphatic carbocycles.